The molecule has 1 aliphatic heterocycles. The third-order valence-electron chi connectivity index (χ3n) is 4.98. The standard InChI is InChI=1S/C17H27N3/c1-14-3-2-4-15(11-14)13-20-10-9-19-12-17(20)16-5-7-18-8-6-16/h5-8,14-15,17,19H,2-4,9-13H2,1H3. The Balaban J connectivity index is 1.66. The van der Waals surface area contributed by atoms with Crippen LogP contribution >= 0.6 is 0 Å². The van der Waals surface area contributed by atoms with Crippen molar-refractivity contribution in [3.05, 3.63) is 30.1 Å². The van der Waals surface area contributed by atoms with Crippen molar-refractivity contribution in [1.82, 2.24) is 15.2 Å². The molecule has 3 atom stereocenters. The number of piperazine rings is 1. The Bertz CT molecular complexity index is 406. The molecule has 0 spiro atoms. The smallest absolute Gasteiger partial charge is 0.0474 e. The first-order valence-corrected chi connectivity index (χ1v) is 8.17. The predicted molar refractivity (Wildman–Crippen MR) is 82.5 cm³/mol. The van der Waals surface area contributed by atoms with Crippen molar-refractivity contribution in [2.75, 3.05) is 26.2 Å². The molecule has 1 aromatic rings. The van der Waals surface area contributed by atoms with Crippen LogP contribution in [0.3, 0.4) is 0 Å². The summed E-state index contributed by atoms with van der Waals surface area (Å²) >= 11 is 0. The van der Waals surface area contributed by atoms with Gasteiger partial charge in [0.2, 0.25) is 0 Å². The van der Waals surface area contributed by atoms with E-state index < -0.39 is 0 Å². The minimum atomic E-state index is 0.531. The van der Waals surface area contributed by atoms with Gasteiger partial charge in [-0.25, -0.2) is 0 Å². The molecule has 2 fully saturated rings. The molecule has 3 unspecified atom stereocenters. The third-order valence-corrected chi connectivity index (χ3v) is 4.98. The maximum absolute atomic E-state index is 4.15. The van der Waals surface area contributed by atoms with Gasteiger partial charge in [0, 0.05) is 44.6 Å². The fraction of sp³-hybridized carbons (Fsp3) is 0.706. The molecule has 1 saturated carbocycles. The summed E-state index contributed by atoms with van der Waals surface area (Å²) in [7, 11) is 0. The molecule has 3 rings (SSSR count). The molecule has 110 valence electrons. The molecule has 2 heterocycles. The van der Waals surface area contributed by atoms with Crippen LogP contribution in [-0.2, 0) is 0 Å². The molecular formula is C17H27N3. The van der Waals surface area contributed by atoms with E-state index in [0.717, 1.165) is 24.9 Å². The molecule has 3 heteroatoms. The highest BCUT2D eigenvalue weighted by Crippen LogP contribution is 2.31. The number of aromatic nitrogens is 1. The van der Waals surface area contributed by atoms with Gasteiger partial charge < -0.3 is 5.32 Å². The van der Waals surface area contributed by atoms with Gasteiger partial charge in [-0.3, -0.25) is 9.88 Å². The molecule has 1 aromatic heterocycles. The van der Waals surface area contributed by atoms with Gasteiger partial charge in [0.25, 0.3) is 0 Å². The monoisotopic (exact) mass is 273 g/mol. The number of nitrogens with zero attached hydrogens (tertiary/aromatic N) is 2. The van der Waals surface area contributed by atoms with E-state index >= 15 is 0 Å². The van der Waals surface area contributed by atoms with E-state index in [1.807, 2.05) is 12.4 Å². The molecule has 0 radical (unpaired) electrons. The molecule has 1 aliphatic carbocycles. The van der Waals surface area contributed by atoms with Crippen LogP contribution in [0.2, 0.25) is 0 Å². The molecule has 0 bridgehead atoms. The summed E-state index contributed by atoms with van der Waals surface area (Å²) in [6.45, 7) is 7.08. The van der Waals surface area contributed by atoms with Crippen molar-refractivity contribution >= 4 is 0 Å². The van der Waals surface area contributed by atoms with Gasteiger partial charge >= 0.3 is 0 Å². The van der Waals surface area contributed by atoms with E-state index in [2.05, 4.69) is 34.3 Å². The Hall–Kier alpha value is -0.930. The Morgan fingerprint density at radius 2 is 2.15 bits per heavy atom. The van der Waals surface area contributed by atoms with Gasteiger partial charge in [-0.15, -0.1) is 0 Å². The van der Waals surface area contributed by atoms with Gasteiger partial charge in [0.15, 0.2) is 0 Å². The van der Waals surface area contributed by atoms with E-state index in [-0.39, 0.29) is 0 Å². The fourth-order valence-corrected chi connectivity index (χ4v) is 3.94. The second-order valence-electron chi connectivity index (χ2n) is 6.63. The van der Waals surface area contributed by atoms with Crippen LogP contribution in [0.4, 0.5) is 0 Å². The Labute approximate surface area is 122 Å². The topological polar surface area (TPSA) is 28.2 Å². The lowest BCUT2D eigenvalue weighted by atomic mass is 9.82. The Morgan fingerprint density at radius 1 is 1.30 bits per heavy atom. The van der Waals surface area contributed by atoms with Gasteiger partial charge in [-0.2, -0.15) is 0 Å². The maximum atomic E-state index is 4.15. The Morgan fingerprint density at radius 3 is 2.95 bits per heavy atom. The Kier molecular flexibility index (Phi) is 4.69. The second kappa shape index (κ2) is 6.68. The summed E-state index contributed by atoms with van der Waals surface area (Å²) < 4.78 is 0. The average Bonchev–Trinajstić information content (AvgIpc) is 2.49. The zero-order chi connectivity index (χ0) is 13.8. The highest BCUT2D eigenvalue weighted by atomic mass is 15.2. The van der Waals surface area contributed by atoms with Gasteiger partial charge in [-0.1, -0.05) is 19.8 Å². The molecule has 3 nitrogen and oxygen atoms in total. The number of hydrogen-bond acceptors (Lipinski definition) is 3. The molecule has 0 amide bonds. The van der Waals surface area contributed by atoms with Crippen LogP contribution in [0.5, 0.6) is 0 Å². The summed E-state index contributed by atoms with van der Waals surface area (Å²) in [5, 5.41) is 3.55. The summed E-state index contributed by atoms with van der Waals surface area (Å²) in [6.07, 6.45) is 9.56. The van der Waals surface area contributed by atoms with Crippen LogP contribution < -0.4 is 5.32 Å². The van der Waals surface area contributed by atoms with Crippen molar-refractivity contribution in [3.8, 4) is 0 Å². The third kappa shape index (κ3) is 3.39. The highest BCUT2D eigenvalue weighted by molar-refractivity contribution is 5.16. The normalized spacial score (nSPS) is 32.1. The minimum absolute atomic E-state index is 0.531. The SMILES string of the molecule is CC1CCCC(CN2CCNCC2c2ccncc2)C1. The largest absolute Gasteiger partial charge is 0.314 e. The van der Waals surface area contributed by atoms with Crippen molar-refractivity contribution in [2.24, 2.45) is 11.8 Å². The molecule has 2 aliphatic rings. The van der Waals surface area contributed by atoms with E-state index in [1.54, 1.807) is 0 Å². The maximum Gasteiger partial charge on any atom is 0.0474 e. The lowest BCUT2D eigenvalue weighted by Crippen LogP contribution is -2.48. The zero-order valence-corrected chi connectivity index (χ0v) is 12.6. The van der Waals surface area contributed by atoms with E-state index in [9.17, 15) is 0 Å². The van der Waals surface area contributed by atoms with E-state index in [0.29, 0.717) is 6.04 Å². The van der Waals surface area contributed by atoms with Gasteiger partial charge in [0.1, 0.15) is 0 Å². The summed E-state index contributed by atoms with van der Waals surface area (Å²) in [5.74, 6) is 1.83. The summed E-state index contributed by atoms with van der Waals surface area (Å²) in [5.41, 5.74) is 1.41. The molecule has 1 saturated heterocycles. The molecule has 0 aromatic carbocycles. The van der Waals surface area contributed by atoms with E-state index in [1.165, 1.54) is 44.3 Å². The molecular weight excluding hydrogens is 246 g/mol. The second-order valence-corrected chi connectivity index (χ2v) is 6.63. The van der Waals surface area contributed by atoms with Crippen molar-refractivity contribution in [3.63, 3.8) is 0 Å². The highest BCUT2D eigenvalue weighted by Gasteiger charge is 2.27. The quantitative estimate of drug-likeness (QED) is 0.918. The predicted octanol–water partition coefficient (Wildman–Crippen LogP) is 2.85. The first-order chi connectivity index (χ1) is 9.83. The number of rotatable bonds is 3. The van der Waals surface area contributed by atoms with Crippen molar-refractivity contribution in [2.45, 2.75) is 38.6 Å². The van der Waals surface area contributed by atoms with Crippen molar-refractivity contribution < 1.29 is 0 Å². The fourth-order valence-electron chi connectivity index (χ4n) is 3.94. The zero-order valence-electron chi connectivity index (χ0n) is 12.6. The van der Waals surface area contributed by atoms with Crippen molar-refractivity contribution in [1.29, 1.82) is 0 Å². The first-order valence-electron chi connectivity index (χ1n) is 8.17. The molecule has 20 heavy (non-hydrogen) atoms. The summed E-state index contributed by atoms with van der Waals surface area (Å²) in [6, 6.07) is 4.88. The number of hydrogen-bond donors (Lipinski definition) is 1. The van der Waals surface area contributed by atoms with E-state index in [4.69, 9.17) is 0 Å². The van der Waals surface area contributed by atoms with Gasteiger partial charge in [0.05, 0.1) is 0 Å². The summed E-state index contributed by atoms with van der Waals surface area (Å²) in [4.78, 5) is 6.85. The number of nitrogens with one attached hydrogen (secondary N) is 1. The van der Waals surface area contributed by atoms with Gasteiger partial charge in [-0.05, 0) is 42.4 Å². The van der Waals surface area contributed by atoms with Crippen LogP contribution in [0.1, 0.15) is 44.2 Å². The average molecular weight is 273 g/mol. The van der Waals surface area contributed by atoms with Crippen LogP contribution in [0.25, 0.3) is 0 Å². The van der Waals surface area contributed by atoms with Crippen LogP contribution in [-0.4, -0.2) is 36.1 Å². The van der Waals surface area contributed by atoms with Crippen LogP contribution in [0.15, 0.2) is 24.5 Å². The number of pyridine rings is 1. The lowest BCUT2D eigenvalue weighted by Gasteiger charge is -2.40. The first kappa shape index (κ1) is 14.0. The van der Waals surface area contributed by atoms with Crippen LogP contribution in [0, 0.1) is 11.8 Å². The molecule has 1 N–H and O–H groups in total. The minimum Gasteiger partial charge on any atom is -0.314 e. The lowest BCUT2D eigenvalue weighted by molar-refractivity contribution is 0.114.